The van der Waals surface area contributed by atoms with Crippen LogP contribution in [0.25, 0.3) is 6.08 Å². The number of aryl methyl sites for hydroxylation is 1. The highest BCUT2D eigenvalue weighted by Gasteiger charge is 2.34. The van der Waals surface area contributed by atoms with Crippen LogP contribution in [0, 0.1) is 17.0 Å². The van der Waals surface area contributed by atoms with Crippen molar-refractivity contribution in [3.05, 3.63) is 80.2 Å². The van der Waals surface area contributed by atoms with Crippen LogP contribution < -0.4 is 5.32 Å². The Morgan fingerprint density at radius 2 is 1.90 bits per heavy atom. The third-order valence-electron chi connectivity index (χ3n) is 4.26. The molecule has 1 N–H and O–H groups in total. The quantitative estimate of drug-likeness (QED) is 0.443. The van der Waals surface area contributed by atoms with Gasteiger partial charge >= 0.3 is 0 Å². The average molecular weight is 411 g/mol. The summed E-state index contributed by atoms with van der Waals surface area (Å²) < 4.78 is 0. The molecule has 0 aromatic heterocycles. The molecule has 1 saturated heterocycles. The maximum absolute atomic E-state index is 12.5. The topological polar surface area (TPSA) is 110 Å². The van der Waals surface area contributed by atoms with Gasteiger partial charge in [-0.3, -0.25) is 29.4 Å². The normalized spacial score (nSPS) is 15.1. The highest BCUT2D eigenvalue weighted by atomic mass is 32.2. The molecule has 0 bridgehead atoms. The summed E-state index contributed by atoms with van der Waals surface area (Å²) in [6.45, 7) is 1.51. The molecule has 3 rings (SSSR count). The lowest BCUT2D eigenvalue weighted by Crippen LogP contribution is -2.37. The Morgan fingerprint density at radius 3 is 2.59 bits per heavy atom. The number of imide groups is 1. The Morgan fingerprint density at radius 1 is 1.17 bits per heavy atom. The van der Waals surface area contributed by atoms with E-state index in [1.165, 1.54) is 6.07 Å². The second kappa shape index (κ2) is 8.70. The number of rotatable bonds is 6. The predicted octanol–water partition coefficient (Wildman–Crippen LogP) is 3.37. The first-order valence-electron chi connectivity index (χ1n) is 8.71. The molecule has 8 nitrogen and oxygen atoms in total. The highest BCUT2D eigenvalue weighted by molar-refractivity contribution is 8.18. The Labute approximate surface area is 170 Å². The molecule has 0 atom stereocenters. The first kappa shape index (κ1) is 20.3. The molecule has 148 valence electrons. The van der Waals surface area contributed by atoms with E-state index in [1.807, 2.05) is 30.3 Å². The first-order chi connectivity index (χ1) is 13.9. The van der Waals surface area contributed by atoms with E-state index in [4.69, 9.17) is 0 Å². The van der Waals surface area contributed by atoms with Gasteiger partial charge in [0.25, 0.3) is 22.7 Å². The van der Waals surface area contributed by atoms with Gasteiger partial charge in [0.05, 0.1) is 9.83 Å². The number of thioether (sulfide) groups is 1. The van der Waals surface area contributed by atoms with Gasteiger partial charge in [0.1, 0.15) is 5.56 Å². The van der Waals surface area contributed by atoms with E-state index in [0.29, 0.717) is 10.5 Å². The van der Waals surface area contributed by atoms with Crippen LogP contribution >= 0.6 is 11.8 Å². The van der Waals surface area contributed by atoms with Crippen molar-refractivity contribution in [1.29, 1.82) is 0 Å². The third-order valence-corrected chi connectivity index (χ3v) is 5.16. The number of nitro benzene ring substituents is 1. The Bertz CT molecular complexity index is 1020. The van der Waals surface area contributed by atoms with Gasteiger partial charge in [-0.15, -0.1) is 0 Å². The van der Waals surface area contributed by atoms with E-state index >= 15 is 0 Å². The molecule has 3 amide bonds. The van der Waals surface area contributed by atoms with Crippen molar-refractivity contribution in [2.45, 2.75) is 6.92 Å². The molecule has 0 unspecified atom stereocenters. The fourth-order valence-corrected chi connectivity index (χ4v) is 3.72. The van der Waals surface area contributed by atoms with Gasteiger partial charge in [0.2, 0.25) is 0 Å². The number of nitrogens with one attached hydrogen (secondary N) is 1. The van der Waals surface area contributed by atoms with Crippen molar-refractivity contribution in [2.75, 3.05) is 13.1 Å². The summed E-state index contributed by atoms with van der Waals surface area (Å²) in [5.41, 5.74) is 0.854. The van der Waals surface area contributed by atoms with Crippen LogP contribution in [0.2, 0.25) is 0 Å². The molecule has 1 fully saturated rings. The van der Waals surface area contributed by atoms with Crippen LogP contribution in [0.5, 0.6) is 0 Å². The van der Waals surface area contributed by atoms with Crippen molar-refractivity contribution in [3.63, 3.8) is 0 Å². The number of carbonyl (C=O) groups is 3. The number of nitro groups is 1. The average Bonchev–Trinajstić information content (AvgIpc) is 2.95. The maximum atomic E-state index is 12.5. The fourth-order valence-electron chi connectivity index (χ4n) is 2.85. The number of hydrogen-bond acceptors (Lipinski definition) is 6. The minimum absolute atomic E-state index is 0.0133. The fraction of sp³-hybridized carbons (Fsp3) is 0.150. The molecule has 1 aliphatic heterocycles. The zero-order valence-corrected chi connectivity index (χ0v) is 16.3. The molecule has 1 aliphatic rings. The van der Waals surface area contributed by atoms with Crippen LogP contribution in [0.4, 0.5) is 10.5 Å². The van der Waals surface area contributed by atoms with Gasteiger partial charge in [-0.1, -0.05) is 42.5 Å². The Hall–Kier alpha value is -3.46. The molecule has 1 heterocycles. The van der Waals surface area contributed by atoms with Gasteiger partial charge in [-0.25, -0.2) is 0 Å². The molecule has 0 saturated carbocycles. The molecule has 9 heteroatoms. The van der Waals surface area contributed by atoms with Gasteiger partial charge in [0, 0.05) is 18.7 Å². The van der Waals surface area contributed by atoms with Crippen molar-refractivity contribution < 1.29 is 19.3 Å². The molecule has 0 spiro atoms. The zero-order chi connectivity index (χ0) is 21.0. The molecule has 2 aromatic carbocycles. The predicted molar refractivity (Wildman–Crippen MR) is 109 cm³/mol. The summed E-state index contributed by atoms with van der Waals surface area (Å²) in [5.74, 6) is -1.06. The summed E-state index contributed by atoms with van der Waals surface area (Å²) >= 11 is 0.837. The lowest BCUT2D eigenvalue weighted by Gasteiger charge is -2.13. The number of para-hydroxylation sites is 1. The lowest BCUT2D eigenvalue weighted by molar-refractivity contribution is -0.385. The van der Waals surface area contributed by atoms with E-state index < -0.39 is 22.0 Å². The summed E-state index contributed by atoms with van der Waals surface area (Å²) in [7, 11) is 0. The molecule has 0 radical (unpaired) electrons. The Balaban J connectivity index is 1.64. The van der Waals surface area contributed by atoms with Gasteiger partial charge in [0.15, 0.2) is 0 Å². The smallest absolute Gasteiger partial charge is 0.293 e. The second-order valence-corrected chi connectivity index (χ2v) is 7.22. The van der Waals surface area contributed by atoms with Crippen molar-refractivity contribution in [3.8, 4) is 0 Å². The van der Waals surface area contributed by atoms with Gasteiger partial charge in [-0.05, 0) is 36.4 Å². The van der Waals surface area contributed by atoms with Gasteiger partial charge in [-0.2, -0.15) is 0 Å². The SMILES string of the molecule is Cc1cccc(C(=O)NCCN2C(=O)S/C(=C\c3ccccc3)C2=O)c1[N+](=O)[O-]. The number of carbonyl (C=O) groups excluding carboxylic acids is 3. The van der Waals surface area contributed by atoms with Crippen molar-refractivity contribution in [2.24, 2.45) is 0 Å². The van der Waals surface area contributed by atoms with Crippen LogP contribution in [0.15, 0.2) is 53.4 Å². The maximum Gasteiger partial charge on any atom is 0.293 e. The third kappa shape index (κ3) is 4.52. The number of amides is 3. The van der Waals surface area contributed by atoms with E-state index in [2.05, 4.69) is 5.32 Å². The van der Waals surface area contributed by atoms with Crippen LogP contribution in [0.3, 0.4) is 0 Å². The van der Waals surface area contributed by atoms with Crippen LogP contribution in [0.1, 0.15) is 21.5 Å². The van der Waals surface area contributed by atoms with E-state index in [-0.39, 0.29) is 24.3 Å². The number of nitrogens with zero attached hydrogens (tertiary/aromatic N) is 2. The first-order valence-corrected chi connectivity index (χ1v) is 9.52. The monoisotopic (exact) mass is 411 g/mol. The minimum Gasteiger partial charge on any atom is -0.350 e. The van der Waals surface area contributed by atoms with Crippen molar-refractivity contribution in [1.82, 2.24) is 10.2 Å². The molecule has 29 heavy (non-hydrogen) atoms. The van der Waals surface area contributed by atoms with E-state index in [0.717, 1.165) is 22.2 Å². The molecule has 2 aromatic rings. The largest absolute Gasteiger partial charge is 0.350 e. The van der Waals surface area contributed by atoms with E-state index in [9.17, 15) is 24.5 Å². The summed E-state index contributed by atoms with van der Waals surface area (Å²) in [5, 5.41) is 13.3. The van der Waals surface area contributed by atoms with Crippen LogP contribution in [-0.2, 0) is 4.79 Å². The minimum atomic E-state index is -0.632. The molecule has 0 aliphatic carbocycles. The highest BCUT2D eigenvalue weighted by Crippen LogP contribution is 2.31. The van der Waals surface area contributed by atoms with Crippen molar-refractivity contribution >= 4 is 40.6 Å². The lowest BCUT2D eigenvalue weighted by atomic mass is 10.1. The standard InChI is InChI=1S/C20H17N3O5S/c1-13-6-5-9-15(17(13)23(27)28)18(24)21-10-11-22-19(25)16(29-20(22)26)12-14-7-3-2-4-8-14/h2-9,12H,10-11H2,1H3,(H,21,24)/b16-12-. The second-order valence-electron chi connectivity index (χ2n) is 6.23. The summed E-state index contributed by atoms with van der Waals surface area (Å²) in [6, 6.07) is 13.6. The number of hydrogen-bond donors (Lipinski definition) is 1. The number of benzene rings is 2. The molecular weight excluding hydrogens is 394 g/mol. The Kier molecular flexibility index (Phi) is 6.08. The molecular formula is C20H17N3O5S. The zero-order valence-electron chi connectivity index (χ0n) is 15.5. The summed E-state index contributed by atoms with van der Waals surface area (Å²) in [6.07, 6.45) is 1.64. The van der Waals surface area contributed by atoms with Gasteiger partial charge < -0.3 is 5.32 Å². The summed E-state index contributed by atoms with van der Waals surface area (Å²) in [4.78, 5) is 48.9. The van der Waals surface area contributed by atoms with E-state index in [1.54, 1.807) is 25.1 Å². The van der Waals surface area contributed by atoms with Crippen LogP contribution in [-0.4, -0.2) is 40.0 Å².